The Balaban J connectivity index is 2.80. The summed E-state index contributed by atoms with van der Waals surface area (Å²) < 4.78 is 4.63. The Labute approximate surface area is 95.3 Å². The lowest BCUT2D eigenvalue weighted by Gasteiger charge is -2.12. The second-order valence-corrected chi connectivity index (χ2v) is 3.53. The number of ether oxygens (including phenoxy) is 1. The molecule has 5 nitrogen and oxygen atoms in total. The highest BCUT2D eigenvalue weighted by Gasteiger charge is 2.13. The summed E-state index contributed by atoms with van der Waals surface area (Å²) in [6, 6.07) is 1.43. The van der Waals surface area contributed by atoms with Gasteiger partial charge in [-0.1, -0.05) is 6.92 Å². The summed E-state index contributed by atoms with van der Waals surface area (Å²) in [5, 5.41) is 2.98. The number of nitrogens with one attached hydrogen (secondary N) is 1. The average molecular weight is 223 g/mol. The van der Waals surface area contributed by atoms with E-state index in [4.69, 9.17) is 0 Å². The number of carbonyl (C=O) groups excluding carboxylic acids is 1. The zero-order valence-corrected chi connectivity index (χ0v) is 10.1. The highest BCUT2D eigenvalue weighted by molar-refractivity contribution is 5.78. The van der Waals surface area contributed by atoms with Crippen molar-refractivity contribution < 1.29 is 9.53 Å². The highest BCUT2D eigenvalue weighted by atomic mass is 16.5. The van der Waals surface area contributed by atoms with Crippen molar-refractivity contribution in [3.8, 4) is 0 Å². The molecule has 1 atom stereocenters. The summed E-state index contributed by atoms with van der Waals surface area (Å²) in [5.41, 5.74) is 0.951. The lowest BCUT2D eigenvalue weighted by molar-refractivity contribution is -0.141. The number of hydrogen-bond acceptors (Lipinski definition) is 5. The first-order valence-corrected chi connectivity index (χ1v) is 5.25. The van der Waals surface area contributed by atoms with Crippen molar-refractivity contribution in [3.05, 3.63) is 17.6 Å². The Morgan fingerprint density at radius 2 is 2.25 bits per heavy atom. The fourth-order valence-corrected chi connectivity index (χ4v) is 1.34. The van der Waals surface area contributed by atoms with Crippen LogP contribution in [0.15, 0.2) is 6.07 Å². The maximum atomic E-state index is 11.2. The van der Waals surface area contributed by atoms with Crippen LogP contribution in [0.1, 0.15) is 25.4 Å². The molecule has 0 radical (unpaired) electrons. The molecule has 1 aromatic rings. The molecule has 0 aliphatic rings. The lowest BCUT2D eigenvalue weighted by Crippen LogP contribution is -2.27. The van der Waals surface area contributed by atoms with Gasteiger partial charge in [0.15, 0.2) is 0 Å². The van der Waals surface area contributed by atoms with Crippen LogP contribution in [0.3, 0.4) is 0 Å². The predicted octanol–water partition coefficient (Wildman–Crippen LogP) is 1.32. The van der Waals surface area contributed by atoms with Crippen LogP contribution >= 0.6 is 0 Å². The maximum Gasteiger partial charge on any atom is 0.328 e. The van der Waals surface area contributed by atoms with E-state index in [1.54, 1.807) is 6.92 Å². The quantitative estimate of drug-likeness (QED) is 0.780. The number of nitrogens with zero attached hydrogens (tertiary/aromatic N) is 2. The minimum absolute atomic E-state index is 0.311. The molecule has 1 N–H and O–H groups in total. The Hall–Kier alpha value is -1.65. The number of rotatable bonds is 4. The lowest BCUT2D eigenvalue weighted by atomic mass is 10.3. The van der Waals surface area contributed by atoms with Gasteiger partial charge in [-0.3, -0.25) is 0 Å². The Morgan fingerprint density at radius 3 is 2.81 bits per heavy atom. The van der Waals surface area contributed by atoms with Gasteiger partial charge in [-0.15, -0.1) is 0 Å². The largest absolute Gasteiger partial charge is 0.467 e. The summed E-state index contributed by atoms with van der Waals surface area (Å²) in [7, 11) is 1.36. The topological polar surface area (TPSA) is 64.1 Å². The zero-order chi connectivity index (χ0) is 12.1. The first-order valence-electron chi connectivity index (χ1n) is 5.25. The molecule has 0 amide bonds. The summed E-state index contributed by atoms with van der Waals surface area (Å²) in [6.45, 7) is 5.58. The number of anilines is 1. The van der Waals surface area contributed by atoms with E-state index in [0.717, 1.165) is 12.1 Å². The van der Waals surface area contributed by atoms with Gasteiger partial charge in [-0.2, -0.15) is 0 Å². The number of esters is 1. The van der Waals surface area contributed by atoms with E-state index >= 15 is 0 Å². The fraction of sp³-hybridized carbons (Fsp3) is 0.545. The van der Waals surface area contributed by atoms with Crippen molar-refractivity contribution in [1.82, 2.24) is 9.97 Å². The number of methoxy groups -OCH3 is 1. The predicted molar refractivity (Wildman–Crippen MR) is 61.2 cm³/mol. The number of aromatic nitrogens is 2. The first kappa shape index (κ1) is 12.4. The van der Waals surface area contributed by atoms with Crippen LogP contribution in [0.5, 0.6) is 0 Å². The van der Waals surface area contributed by atoms with Crippen molar-refractivity contribution in [1.29, 1.82) is 0 Å². The standard InChI is InChI=1S/C11H17N3O2/c1-5-9-6-10(14-8(3)13-9)12-7(2)11(15)16-4/h6-7H,5H2,1-4H3,(H,12,13,14). The molecule has 88 valence electrons. The average Bonchev–Trinajstić information content (AvgIpc) is 2.26. The van der Waals surface area contributed by atoms with E-state index in [0.29, 0.717) is 11.6 Å². The summed E-state index contributed by atoms with van der Waals surface area (Å²) in [5.74, 6) is 1.04. The molecule has 0 aliphatic heterocycles. The minimum Gasteiger partial charge on any atom is -0.467 e. The molecule has 1 heterocycles. The maximum absolute atomic E-state index is 11.2. The highest BCUT2D eigenvalue weighted by Crippen LogP contribution is 2.09. The van der Waals surface area contributed by atoms with E-state index < -0.39 is 6.04 Å². The second-order valence-electron chi connectivity index (χ2n) is 3.53. The van der Waals surface area contributed by atoms with Gasteiger partial charge in [0.2, 0.25) is 0 Å². The van der Waals surface area contributed by atoms with Crippen molar-refractivity contribution in [2.75, 3.05) is 12.4 Å². The summed E-state index contributed by atoms with van der Waals surface area (Å²) >= 11 is 0. The van der Waals surface area contributed by atoms with Crippen molar-refractivity contribution in [2.45, 2.75) is 33.2 Å². The molecule has 1 aromatic heterocycles. The van der Waals surface area contributed by atoms with Crippen LogP contribution < -0.4 is 5.32 Å². The molecular formula is C11H17N3O2. The second kappa shape index (κ2) is 5.44. The molecule has 0 aromatic carbocycles. The molecule has 0 aliphatic carbocycles. The van der Waals surface area contributed by atoms with Gasteiger partial charge in [0, 0.05) is 11.8 Å². The minimum atomic E-state index is -0.413. The fourth-order valence-electron chi connectivity index (χ4n) is 1.34. The van der Waals surface area contributed by atoms with E-state index in [2.05, 4.69) is 20.0 Å². The van der Waals surface area contributed by atoms with E-state index in [9.17, 15) is 4.79 Å². The van der Waals surface area contributed by atoms with Gasteiger partial charge < -0.3 is 10.1 Å². The molecule has 1 rings (SSSR count). The third-order valence-electron chi connectivity index (χ3n) is 2.17. The van der Waals surface area contributed by atoms with Crippen LogP contribution in [0.25, 0.3) is 0 Å². The van der Waals surface area contributed by atoms with Crippen molar-refractivity contribution >= 4 is 11.8 Å². The molecule has 1 unspecified atom stereocenters. The number of carbonyl (C=O) groups is 1. The molecule has 0 bridgehead atoms. The van der Waals surface area contributed by atoms with Crippen LogP contribution in [-0.2, 0) is 16.0 Å². The monoisotopic (exact) mass is 223 g/mol. The van der Waals surface area contributed by atoms with Crippen molar-refractivity contribution in [2.24, 2.45) is 0 Å². The molecule has 0 saturated heterocycles. The molecular weight excluding hydrogens is 206 g/mol. The van der Waals surface area contributed by atoms with E-state index in [1.807, 2.05) is 19.9 Å². The van der Waals surface area contributed by atoms with Crippen LogP contribution in [0.2, 0.25) is 0 Å². The molecule has 16 heavy (non-hydrogen) atoms. The molecule has 5 heteroatoms. The van der Waals surface area contributed by atoms with Crippen molar-refractivity contribution in [3.63, 3.8) is 0 Å². The van der Waals surface area contributed by atoms with E-state index in [-0.39, 0.29) is 5.97 Å². The van der Waals surface area contributed by atoms with Gasteiger partial charge in [0.1, 0.15) is 17.7 Å². The summed E-state index contributed by atoms with van der Waals surface area (Å²) in [4.78, 5) is 19.7. The third kappa shape index (κ3) is 3.18. The summed E-state index contributed by atoms with van der Waals surface area (Å²) in [6.07, 6.45) is 0.838. The number of hydrogen-bond donors (Lipinski definition) is 1. The Kier molecular flexibility index (Phi) is 4.22. The van der Waals surface area contributed by atoms with Crippen LogP contribution in [0, 0.1) is 6.92 Å². The normalized spacial score (nSPS) is 12.0. The van der Waals surface area contributed by atoms with Gasteiger partial charge >= 0.3 is 5.97 Å². The van der Waals surface area contributed by atoms with E-state index in [1.165, 1.54) is 7.11 Å². The van der Waals surface area contributed by atoms with Crippen LogP contribution in [-0.4, -0.2) is 29.1 Å². The molecule has 0 fully saturated rings. The smallest absolute Gasteiger partial charge is 0.328 e. The molecule has 0 saturated carbocycles. The van der Waals surface area contributed by atoms with Crippen LogP contribution in [0.4, 0.5) is 5.82 Å². The van der Waals surface area contributed by atoms with Gasteiger partial charge in [-0.25, -0.2) is 14.8 Å². The zero-order valence-electron chi connectivity index (χ0n) is 10.1. The third-order valence-corrected chi connectivity index (χ3v) is 2.17. The Bertz CT molecular complexity index is 379. The van der Waals surface area contributed by atoms with Gasteiger partial charge in [-0.05, 0) is 20.3 Å². The molecule has 0 spiro atoms. The number of aryl methyl sites for hydroxylation is 2. The Morgan fingerprint density at radius 1 is 1.56 bits per heavy atom. The first-order chi connectivity index (χ1) is 7.56. The van der Waals surface area contributed by atoms with Gasteiger partial charge in [0.25, 0.3) is 0 Å². The van der Waals surface area contributed by atoms with Gasteiger partial charge in [0.05, 0.1) is 7.11 Å². The SMILES string of the molecule is CCc1cc(NC(C)C(=O)OC)nc(C)n1.